The predicted molar refractivity (Wildman–Crippen MR) is 88.2 cm³/mol. The summed E-state index contributed by atoms with van der Waals surface area (Å²) in [6.45, 7) is 9.81. The van der Waals surface area contributed by atoms with Gasteiger partial charge in [0.25, 0.3) is 0 Å². The van der Waals surface area contributed by atoms with Gasteiger partial charge in [-0.2, -0.15) is 0 Å². The van der Waals surface area contributed by atoms with Crippen molar-refractivity contribution in [2.45, 2.75) is 68.4 Å². The monoisotopic (exact) mass is 280 g/mol. The molecule has 0 nitrogen and oxygen atoms in total. The van der Waals surface area contributed by atoms with Gasteiger partial charge in [0.2, 0.25) is 0 Å². The smallest absolute Gasteiger partial charge is 0.0591 e. The second-order valence-electron chi connectivity index (χ2n) is 6.13. The number of hydrogen-bond donors (Lipinski definition) is 0. The number of hydrogen-bond acceptors (Lipinski definition) is 1. The Morgan fingerprint density at radius 1 is 1.00 bits per heavy atom. The van der Waals surface area contributed by atoms with Crippen molar-refractivity contribution >= 4 is 19.8 Å². The van der Waals surface area contributed by atoms with Crippen molar-refractivity contribution in [3.8, 4) is 0 Å². The van der Waals surface area contributed by atoms with Gasteiger partial charge >= 0.3 is 0 Å². The Morgan fingerprint density at radius 2 is 1.67 bits per heavy atom. The minimum Gasteiger partial charge on any atom is -0.126 e. The Morgan fingerprint density at radius 3 is 2.22 bits per heavy atom. The van der Waals surface area contributed by atoms with Crippen molar-refractivity contribution < 1.29 is 0 Å². The fourth-order valence-electron chi connectivity index (χ4n) is 2.09. The van der Waals surface area contributed by atoms with Gasteiger partial charge in [-0.1, -0.05) is 70.4 Å². The van der Waals surface area contributed by atoms with E-state index >= 15 is 0 Å². The molecular formula is C16H28SSi. The van der Waals surface area contributed by atoms with E-state index < -0.39 is 8.07 Å². The van der Waals surface area contributed by atoms with E-state index in [1.54, 1.807) is 0 Å². The fourth-order valence-corrected chi connectivity index (χ4v) is 5.91. The van der Waals surface area contributed by atoms with Crippen LogP contribution < -0.4 is 0 Å². The zero-order valence-corrected chi connectivity index (χ0v) is 14.2. The maximum Gasteiger partial charge on any atom is 0.0591 e. The minimum absolute atomic E-state index is 0.858. The Bertz CT molecular complexity index is 316. The third-order valence-electron chi connectivity index (χ3n) is 3.31. The molecule has 0 aromatic heterocycles. The van der Waals surface area contributed by atoms with Crippen LogP contribution in [-0.4, -0.2) is 12.9 Å². The molecule has 1 aromatic rings. The summed E-state index contributed by atoms with van der Waals surface area (Å²) >= 11 is 2.12. The topological polar surface area (TPSA) is 0 Å². The van der Waals surface area contributed by atoms with E-state index in [-0.39, 0.29) is 0 Å². The van der Waals surface area contributed by atoms with Crippen LogP contribution in [0, 0.1) is 0 Å². The van der Waals surface area contributed by atoms with Crippen LogP contribution in [0.25, 0.3) is 0 Å². The molecule has 1 atom stereocenters. The van der Waals surface area contributed by atoms with Crippen molar-refractivity contribution in [1.82, 2.24) is 0 Å². The highest BCUT2D eigenvalue weighted by atomic mass is 32.2. The van der Waals surface area contributed by atoms with Gasteiger partial charge in [0.05, 0.1) is 8.07 Å². The molecule has 0 aliphatic rings. The first-order valence-electron chi connectivity index (χ1n) is 7.25. The van der Waals surface area contributed by atoms with Crippen LogP contribution in [0.1, 0.15) is 39.0 Å². The summed E-state index contributed by atoms with van der Waals surface area (Å²) in [5, 5.41) is 0. The molecule has 0 saturated carbocycles. The molecule has 0 N–H and O–H groups in total. The molecule has 0 fully saturated rings. The van der Waals surface area contributed by atoms with Crippen molar-refractivity contribution in [2.24, 2.45) is 0 Å². The summed E-state index contributed by atoms with van der Waals surface area (Å²) in [5.74, 6) is 0. The van der Waals surface area contributed by atoms with Crippen molar-refractivity contribution in [3.05, 3.63) is 30.3 Å². The van der Waals surface area contributed by atoms with Gasteiger partial charge in [-0.25, -0.2) is 0 Å². The van der Waals surface area contributed by atoms with E-state index in [1.165, 1.54) is 37.0 Å². The number of benzene rings is 1. The molecule has 0 aliphatic heterocycles. The number of rotatable bonds is 8. The molecule has 0 radical (unpaired) electrons. The van der Waals surface area contributed by atoms with E-state index in [2.05, 4.69) is 68.7 Å². The highest BCUT2D eigenvalue weighted by Crippen LogP contribution is 2.33. The lowest BCUT2D eigenvalue weighted by atomic mass is 10.2. The van der Waals surface area contributed by atoms with Gasteiger partial charge < -0.3 is 0 Å². The van der Waals surface area contributed by atoms with Gasteiger partial charge in [-0.3, -0.25) is 0 Å². The SMILES string of the molecule is CCCCCCC(Sc1ccccc1)[Si](C)(C)C. The average Bonchev–Trinajstić information content (AvgIpc) is 2.33. The molecule has 2 heteroatoms. The molecular weight excluding hydrogens is 252 g/mol. The first-order chi connectivity index (χ1) is 8.54. The van der Waals surface area contributed by atoms with Crippen LogP contribution in [0.2, 0.25) is 19.6 Å². The van der Waals surface area contributed by atoms with Gasteiger partial charge in [0, 0.05) is 9.77 Å². The van der Waals surface area contributed by atoms with Crippen LogP contribution in [0.15, 0.2) is 35.2 Å². The number of thioether (sulfide) groups is 1. The third-order valence-corrected chi connectivity index (χ3v) is 9.07. The molecule has 18 heavy (non-hydrogen) atoms. The zero-order valence-electron chi connectivity index (χ0n) is 12.4. The second-order valence-corrected chi connectivity index (χ2v) is 13.3. The Kier molecular flexibility index (Phi) is 7.09. The van der Waals surface area contributed by atoms with E-state index in [9.17, 15) is 0 Å². The lowest BCUT2D eigenvalue weighted by Gasteiger charge is -2.28. The fraction of sp³-hybridized carbons (Fsp3) is 0.625. The van der Waals surface area contributed by atoms with Gasteiger partial charge in [-0.15, -0.1) is 11.8 Å². The summed E-state index contributed by atoms with van der Waals surface area (Å²) in [4.78, 5) is 2.30. The van der Waals surface area contributed by atoms with Gasteiger partial charge in [-0.05, 0) is 18.6 Å². The molecule has 0 aliphatic carbocycles. The Labute approximate surface area is 119 Å². The summed E-state index contributed by atoms with van der Waals surface area (Å²) < 4.78 is 0. The molecule has 0 amide bonds. The summed E-state index contributed by atoms with van der Waals surface area (Å²) in [7, 11) is -1.07. The largest absolute Gasteiger partial charge is 0.126 e. The summed E-state index contributed by atoms with van der Waals surface area (Å²) in [6.07, 6.45) is 6.95. The molecule has 0 bridgehead atoms. The van der Waals surface area contributed by atoms with E-state index in [1.807, 2.05) is 0 Å². The lowest BCUT2D eigenvalue weighted by molar-refractivity contribution is 0.647. The quantitative estimate of drug-likeness (QED) is 0.320. The molecule has 0 heterocycles. The van der Waals surface area contributed by atoms with Gasteiger partial charge in [0.1, 0.15) is 0 Å². The first kappa shape index (κ1) is 15.8. The molecule has 0 saturated heterocycles. The highest BCUT2D eigenvalue weighted by molar-refractivity contribution is 8.01. The first-order valence-corrected chi connectivity index (χ1v) is 11.7. The molecule has 1 unspecified atom stereocenters. The second kappa shape index (κ2) is 8.06. The van der Waals surface area contributed by atoms with E-state index in [4.69, 9.17) is 0 Å². The molecule has 1 aromatic carbocycles. The predicted octanol–water partition coefficient (Wildman–Crippen LogP) is 6.00. The summed E-state index contributed by atoms with van der Waals surface area (Å²) in [5.41, 5.74) is 0. The van der Waals surface area contributed by atoms with Crippen LogP contribution in [0.5, 0.6) is 0 Å². The van der Waals surface area contributed by atoms with Crippen molar-refractivity contribution in [2.75, 3.05) is 0 Å². The molecule has 0 spiro atoms. The third kappa shape index (κ3) is 6.10. The highest BCUT2D eigenvalue weighted by Gasteiger charge is 2.26. The van der Waals surface area contributed by atoms with Gasteiger partial charge in [0.15, 0.2) is 0 Å². The molecule has 102 valence electrons. The van der Waals surface area contributed by atoms with Crippen LogP contribution >= 0.6 is 11.8 Å². The van der Waals surface area contributed by atoms with Crippen molar-refractivity contribution in [3.63, 3.8) is 0 Å². The Balaban J connectivity index is 2.51. The van der Waals surface area contributed by atoms with E-state index in [0.717, 1.165) is 4.87 Å². The average molecular weight is 281 g/mol. The van der Waals surface area contributed by atoms with E-state index in [0.29, 0.717) is 0 Å². The zero-order chi connectivity index (χ0) is 13.4. The minimum atomic E-state index is -1.07. The maximum atomic E-state index is 2.51. The van der Waals surface area contributed by atoms with Crippen LogP contribution in [0.4, 0.5) is 0 Å². The Hall–Kier alpha value is -0.213. The normalized spacial score (nSPS) is 13.6. The number of unbranched alkanes of at least 4 members (excludes halogenated alkanes) is 3. The van der Waals surface area contributed by atoms with Crippen LogP contribution in [-0.2, 0) is 0 Å². The summed E-state index contributed by atoms with van der Waals surface area (Å²) in [6, 6.07) is 10.9. The van der Waals surface area contributed by atoms with Crippen LogP contribution in [0.3, 0.4) is 0 Å². The standard InChI is InChI=1S/C16H28SSi/c1-5-6-7-11-14-16(18(2,3)4)17-15-12-9-8-10-13-15/h8-10,12-13,16H,5-7,11,14H2,1-4H3. The maximum absolute atomic E-state index is 2.51. The van der Waals surface area contributed by atoms with Crippen molar-refractivity contribution in [1.29, 1.82) is 0 Å². The lowest BCUT2D eigenvalue weighted by Crippen LogP contribution is -2.35. The molecule has 1 rings (SSSR count).